The molecule has 1 saturated heterocycles. The standard InChI is InChI=1S/C11H19NO2/c13-11(12-8-9-3-4-9)6-5-10-2-1-7-14-10/h9-10H,1-8H2,(H,12,13)/t10-/m0/s1. The van der Waals surface area contributed by atoms with Crippen LogP contribution in [-0.2, 0) is 9.53 Å². The molecule has 1 saturated carbocycles. The van der Waals surface area contributed by atoms with Crippen molar-refractivity contribution in [1.82, 2.24) is 5.32 Å². The van der Waals surface area contributed by atoms with Crippen LogP contribution in [0.1, 0.15) is 38.5 Å². The minimum Gasteiger partial charge on any atom is -0.378 e. The molecule has 1 N–H and O–H groups in total. The van der Waals surface area contributed by atoms with Gasteiger partial charge >= 0.3 is 0 Å². The SMILES string of the molecule is O=C(CC[C@@H]1CCCO1)NCC1CC1. The first-order valence-electron chi connectivity index (χ1n) is 5.73. The Hall–Kier alpha value is -0.570. The van der Waals surface area contributed by atoms with Gasteiger partial charge in [-0.15, -0.1) is 0 Å². The molecule has 2 fully saturated rings. The van der Waals surface area contributed by atoms with E-state index in [4.69, 9.17) is 4.74 Å². The first-order chi connectivity index (χ1) is 6.84. The monoisotopic (exact) mass is 197 g/mol. The Morgan fingerprint density at radius 3 is 2.86 bits per heavy atom. The van der Waals surface area contributed by atoms with Crippen molar-refractivity contribution in [2.45, 2.75) is 44.6 Å². The van der Waals surface area contributed by atoms with Crippen molar-refractivity contribution < 1.29 is 9.53 Å². The Bertz CT molecular complexity index is 195. The number of hydrogen-bond donors (Lipinski definition) is 1. The van der Waals surface area contributed by atoms with E-state index in [2.05, 4.69) is 5.32 Å². The summed E-state index contributed by atoms with van der Waals surface area (Å²) in [6, 6.07) is 0. The van der Waals surface area contributed by atoms with E-state index in [-0.39, 0.29) is 5.91 Å². The topological polar surface area (TPSA) is 38.3 Å². The first kappa shape index (κ1) is 9.97. The lowest BCUT2D eigenvalue weighted by Gasteiger charge is -2.08. The van der Waals surface area contributed by atoms with Crippen molar-refractivity contribution >= 4 is 5.91 Å². The average molecular weight is 197 g/mol. The van der Waals surface area contributed by atoms with E-state index in [0.717, 1.165) is 38.3 Å². The molecular weight excluding hydrogens is 178 g/mol. The molecule has 1 amide bonds. The predicted octanol–water partition coefficient (Wildman–Crippen LogP) is 1.47. The number of rotatable bonds is 5. The van der Waals surface area contributed by atoms with E-state index in [1.807, 2.05) is 0 Å². The maximum absolute atomic E-state index is 11.4. The smallest absolute Gasteiger partial charge is 0.220 e. The summed E-state index contributed by atoms with van der Waals surface area (Å²) in [7, 11) is 0. The molecule has 0 spiro atoms. The third-order valence-electron chi connectivity index (χ3n) is 3.00. The van der Waals surface area contributed by atoms with Crippen molar-refractivity contribution in [3.05, 3.63) is 0 Å². The van der Waals surface area contributed by atoms with Crippen molar-refractivity contribution in [3.63, 3.8) is 0 Å². The number of ether oxygens (including phenoxy) is 1. The number of amides is 1. The van der Waals surface area contributed by atoms with Gasteiger partial charge in [-0.2, -0.15) is 0 Å². The van der Waals surface area contributed by atoms with Crippen LogP contribution in [0.4, 0.5) is 0 Å². The van der Waals surface area contributed by atoms with E-state index in [0.29, 0.717) is 12.5 Å². The fraction of sp³-hybridized carbons (Fsp3) is 0.909. The lowest BCUT2D eigenvalue weighted by atomic mass is 10.1. The third-order valence-corrected chi connectivity index (χ3v) is 3.00. The summed E-state index contributed by atoms with van der Waals surface area (Å²) in [6.45, 7) is 1.78. The van der Waals surface area contributed by atoms with Crippen LogP contribution >= 0.6 is 0 Å². The van der Waals surface area contributed by atoms with Crippen LogP contribution in [0.5, 0.6) is 0 Å². The average Bonchev–Trinajstić information content (AvgIpc) is 2.87. The molecule has 0 aromatic rings. The molecule has 0 unspecified atom stereocenters. The molecule has 1 aliphatic carbocycles. The second-order valence-corrected chi connectivity index (χ2v) is 4.42. The molecule has 0 aromatic heterocycles. The number of nitrogens with one attached hydrogen (secondary N) is 1. The largest absolute Gasteiger partial charge is 0.378 e. The van der Waals surface area contributed by atoms with Crippen LogP contribution in [0.3, 0.4) is 0 Å². The van der Waals surface area contributed by atoms with E-state index in [1.54, 1.807) is 0 Å². The molecule has 14 heavy (non-hydrogen) atoms. The minimum atomic E-state index is 0.201. The fourth-order valence-electron chi connectivity index (χ4n) is 1.83. The highest BCUT2D eigenvalue weighted by molar-refractivity contribution is 5.75. The van der Waals surface area contributed by atoms with Gasteiger partial charge in [0.1, 0.15) is 0 Å². The Morgan fingerprint density at radius 2 is 2.21 bits per heavy atom. The summed E-state index contributed by atoms with van der Waals surface area (Å²) in [5, 5.41) is 2.97. The summed E-state index contributed by atoms with van der Waals surface area (Å²) in [6.07, 6.45) is 6.78. The van der Waals surface area contributed by atoms with Gasteiger partial charge in [0.25, 0.3) is 0 Å². The lowest BCUT2D eigenvalue weighted by Crippen LogP contribution is -2.26. The van der Waals surface area contributed by atoms with E-state index < -0.39 is 0 Å². The molecule has 0 aromatic carbocycles. The molecule has 0 bridgehead atoms. The predicted molar refractivity (Wildman–Crippen MR) is 53.9 cm³/mol. The van der Waals surface area contributed by atoms with E-state index >= 15 is 0 Å². The number of hydrogen-bond acceptors (Lipinski definition) is 2. The van der Waals surface area contributed by atoms with Crippen LogP contribution in [-0.4, -0.2) is 25.2 Å². The molecule has 3 nitrogen and oxygen atoms in total. The quantitative estimate of drug-likeness (QED) is 0.725. The summed E-state index contributed by atoms with van der Waals surface area (Å²) < 4.78 is 5.46. The highest BCUT2D eigenvalue weighted by Crippen LogP contribution is 2.27. The van der Waals surface area contributed by atoms with Gasteiger partial charge in [-0.1, -0.05) is 0 Å². The second-order valence-electron chi connectivity index (χ2n) is 4.42. The summed E-state index contributed by atoms with van der Waals surface area (Å²) in [4.78, 5) is 11.4. The Morgan fingerprint density at radius 1 is 1.36 bits per heavy atom. The molecule has 2 aliphatic rings. The highest BCUT2D eigenvalue weighted by atomic mass is 16.5. The van der Waals surface area contributed by atoms with Gasteiger partial charge in [-0.05, 0) is 38.0 Å². The maximum atomic E-state index is 11.4. The van der Waals surface area contributed by atoms with Crippen LogP contribution in [0, 0.1) is 5.92 Å². The van der Waals surface area contributed by atoms with Crippen LogP contribution < -0.4 is 5.32 Å². The second kappa shape index (κ2) is 4.78. The van der Waals surface area contributed by atoms with Gasteiger partial charge < -0.3 is 10.1 Å². The summed E-state index contributed by atoms with van der Waals surface area (Å²) in [5.74, 6) is 0.981. The zero-order valence-electron chi connectivity index (χ0n) is 8.63. The van der Waals surface area contributed by atoms with Crippen LogP contribution in [0.25, 0.3) is 0 Å². The molecule has 3 heteroatoms. The van der Waals surface area contributed by atoms with Gasteiger partial charge in [0, 0.05) is 19.6 Å². The summed E-state index contributed by atoms with van der Waals surface area (Å²) in [5.41, 5.74) is 0. The molecule has 80 valence electrons. The highest BCUT2D eigenvalue weighted by Gasteiger charge is 2.22. The Balaban J connectivity index is 1.52. The zero-order valence-corrected chi connectivity index (χ0v) is 8.63. The van der Waals surface area contributed by atoms with Gasteiger partial charge in [-0.25, -0.2) is 0 Å². The lowest BCUT2D eigenvalue weighted by molar-refractivity contribution is -0.121. The molecule has 1 atom stereocenters. The van der Waals surface area contributed by atoms with Crippen LogP contribution in [0.2, 0.25) is 0 Å². The fourth-order valence-corrected chi connectivity index (χ4v) is 1.83. The normalized spacial score (nSPS) is 26.4. The number of carbonyl (C=O) groups excluding carboxylic acids is 1. The molecule has 0 radical (unpaired) electrons. The summed E-state index contributed by atoms with van der Waals surface area (Å²) >= 11 is 0. The molecule has 2 rings (SSSR count). The molecule has 1 aliphatic heterocycles. The Kier molecular flexibility index (Phi) is 3.40. The minimum absolute atomic E-state index is 0.201. The third kappa shape index (κ3) is 3.29. The van der Waals surface area contributed by atoms with Gasteiger partial charge in [0.2, 0.25) is 5.91 Å². The van der Waals surface area contributed by atoms with Gasteiger partial charge in [0.05, 0.1) is 6.10 Å². The maximum Gasteiger partial charge on any atom is 0.220 e. The van der Waals surface area contributed by atoms with Crippen molar-refractivity contribution in [3.8, 4) is 0 Å². The first-order valence-corrected chi connectivity index (χ1v) is 5.73. The Labute approximate surface area is 85.2 Å². The van der Waals surface area contributed by atoms with Gasteiger partial charge in [-0.3, -0.25) is 4.79 Å². The molecular formula is C11H19NO2. The van der Waals surface area contributed by atoms with Gasteiger partial charge in [0.15, 0.2) is 0 Å². The van der Waals surface area contributed by atoms with E-state index in [9.17, 15) is 4.79 Å². The van der Waals surface area contributed by atoms with Crippen LogP contribution in [0.15, 0.2) is 0 Å². The van der Waals surface area contributed by atoms with Crippen molar-refractivity contribution in [1.29, 1.82) is 0 Å². The van der Waals surface area contributed by atoms with E-state index in [1.165, 1.54) is 12.8 Å². The number of carbonyl (C=O) groups is 1. The molecule has 1 heterocycles. The zero-order chi connectivity index (χ0) is 9.80. The van der Waals surface area contributed by atoms with Crippen molar-refractivity contribution in [2.75, 3.05) is 13.2 Å². The van der Waals surface area contributed by atoms with Crippen molar-refractivity contribution in [2.24, 2.45) is 5.92 Å².